The first-order chi connectivity index (χ1) is 31.1. The van der Waals surface area contributed by atoms with Crippen LogP contribution in [0.3, 0.4) is 0 Å². The number of aryl methyl sites for hydroxylation is 1. The summed E-state index contributed by atoms with van der Waals surface area (Å²) in [6.45, 7) is 11.4. The van der Waals surface area contributed by atoms with Crippen LogP contribution in [-0.4, -0.2) is 22.5 Å². The fourth-order valence-corrected chi connectivity index (χ4v) is 7.21. The van der Waals surface area contributed by atoms with Gasteiger partial charge in [-0.25, -0.2) is 0 Å². The molecule has 7 rings (SSSR count). The first-order valence-corrected chi connectivity index (χ1v) is 20.6. The van der Waals surface area contributed by atoms with Crippen molar-refractivity contribution in [2.24, 2.45) is 0 Å². The topological polar surface area (TPSA) is 102 Å². The maximum Gasteiger partial charge on any atom is 0.417 e. The van der Waals surface area contributed by atoms with Gasteiger partial charge in [0.25, 0.3) is 11.8 Å². The Morgan fingerprint density at radius 2 is 0.864 bits per heavy atom. The number of nitrogens with one attached hydrogen (secondary N) is 4. The number of alkyl halides is 6. The molecular formula is C53H44F6N4O3. The van der Waals surface area contributed by atoms with Crippen LogP contribution in [0.15, 0.2) is 158 Å². The third-order valence-corrected chi connectivity index (χ3v) is 10.5. The molecule has 336 valence electrons. The molecule has 0 aliphatic rings. The number of hydrogen-bond acceptors (Lipinski definition) is 5. The van der Waals surface area contributed by atoms with Gasteiger partial charge in [0.05, 0.1) is 16.8 Å². The number of carbonyl (C=O) groups excluding carboxylic acids is 2. The third-order valence-electron chi connectivity index (χ3n) is 10.5. The van der Waals surface area contributed by atoms with Gasteiger partial charge >= 0.3 is 12.4 Å². The number of rotatable bonds is 11. The zero-order valence-corrected chi connectivity index (χ0v) is 36.2. The van der Waals surface area contributed by atoms with Gasteiger partial charge in [-0.3, -0.25) is 9.59 Å². The molecule has 0 heterocycles. The zero-order valence-electron chi connectivity index (χ0n) is 36.2. The van der Waals surface area contributed by atoms with Crippen molar-refractivity contribution in [2.75, 3.05) is 21.3 Å². The van der Waals surface area contributed by atoms with Gasteiger partial charge in [-0.2, -0.15) is 26.3 Å². The summed E-state index contributed by atoms with van der Waals surface area (Å²) in [5.41, 5.74) is 2.52. The predicted octanol–water partition coefficient (Wildman–Crippen LogP) is 14.5. The molecule has 7 nitrogen and oxygen atoms in total. The van der Waals surface area contributed by atoms with Crippen LogP contribution >= 0.6 is 0 Å². The van der Waals surface area contributed by atoms with Gasteiger partial charge in [0.2, 0.25) is 0 Å². The van der Waals surface area contributed by atoms with Crippen molar-refractivity contribution in [3.05, 3.63) is 192 Å². The highest BCUT2D eigenvalue weighted by atomic mass is 19.4. The normalized spacial score (nSPS) is 11.7. The minimum Gasteiger partial charge on any atom is -0.506 e. The van der Waals surface area contributed by atoms with Crippen LogP contribution in [-0.2, 0) is 12.4 Å². The predicted molar refractivity (Wildman–Crippen MR) is 250 cm³/mol. The lowest BCUT2D eigenvalue weighted by molar-refractivity contribution is -0.139. The molecule has 0 aliphatic heterocycles. The maximum absolute atomic E-state index is 14.4. The molecule has 7 aromatic carbocycles. The zero-order chi connectivity index (χ0) is 47.6. The number of phenols is 1. The first-order valence-electron chi connectivity index (χ1n) is 20.6. The molecule has 0 fully saturated rings. The van der Waals surface area contributed by atoms with Crippen molar-refractivity contribution >= 4 is 40.3 Å². The average Bonchev–Trinajstić information content (AvgIpc) is 3.27. The van der Waals surface area contributed by atoms with E-state index >= 15 is 0 Å². The minimum absolute atomic E-state index is 0.0410. The Kier molecular flexibility index (Phi) is 12.9. The Labute approximate surface area is 377 Å². The molecular weight excluding hydrogens is 855 g/mol. The summed E-state index contributed by atoms with van der Waals surface area (Å²) in [6, 6.07) is 39.2. The van der Waals surface area contributed by atoms with Crippen LogP contribution in [0.25, 0.3) is 39.1 Å². The van der Waals surface area contributed by atoms with Crippen molar-refractivity contribution in [3.63, 3.8) is 0 Å². The summed E-state index contributed by atoms with van der Waals surface area (Å²) in [7, 11) is 0. The lowest BCUT2D eigenvalue weighted by Gasteiger charge is -2.24. The summed E-state index contributed by atoms with van der Waals surface area (Å²) >= 11 is 0. The highest BCUT2D eigenvalue weighted by Gasteiger charge is 2.39. The number of amides is 2. The van der Waals surface area contributed by atoms with Gasteiger partial charge < -0.3 is 26.4 Å². The fraction of sp³-hybridized carbons (Fsp3) is 0.132. The maximum atomic E-state index is 14.4. The number of aromatic hydroxyl groups is 1. The molecule has 0 atom stereocenters. The highest BCUT2D eigenvalue weighted by Crippen LogP contribution is 2.45. The van der Waals surface area contributed by atoms with Crippen LogP contribution < -0.4 is 21.3 Å². The number of hydrogen-bond donors (Lipinski definition) is 5. The molecule has 0 spiro atoms. The number of benzene rings is 7. The molecule has 0 radical (unpaired) electrons. The van der Waals surface area contributed by atoms with Gasteiger partial charge in [-0.15, -0.1) is 0 Å². The third kappa shape index (κ3) is 11.1. The van der Waals surface area contributed by atoms with Gasteiger partial charge in [0.15, 0.2) is 0 Å². The largest absolute Gasteiger partial charge is 0.506 e. The second-order valence-electron chi connectivity index (χ2n) is 16.7. The lowest BCUT2D eigenvalue weighted by Crippen LogP contribution is -2.26. The molecule has 0 aromatic heterocycles. The number of anilines is 4. The fourth-order valence-electron chi connectivity index (χ4n) is 7.21. The highest BCUT2D eigenvalue weighted by molar-refractivity contribution is 6.06. The standard InChI is InChI=1S/C53H44F6N4O3/c1-31-6-8-34(9-7-31)35-12-10-33(11-13-35)32(2)60-47-30-41(24-27-48(47)64)62-50(66)39-20-16-37(17-21-39)36-14-18-38(19-15-36)49(65)61-40-22-25-43(45(28-40)52(54,55)56)44-26-23-42(63-51(3,4)5)29-46(44)53(57,58)59/h6-30,60,63-64H,2H2,1,3-5H3,(H,61,65)(H,62,66). The Morgan fingerprint density at radius 3 is 1.30 bits per heavy atom. The second-order valence-corrected chi connectivity index (χ2v) is 16.7. The smallest absolute Gasteiger partial charge is 0.417 e. The monoisotopic (exact) mass is 898 g/mol. The number of phenolic OH excluding ortho intramolecular Hbond substituents is 1. The summed E-state index contributed by atoms with van der Waals surface area (Å²) in [5, 5.41) is 21.9. The second kappa shape index (κ2) is 18.4. The van der Waals surface area contributed by atoms with Crippen LogP contribution in [0.1, 0.15) is 63.7 Å². The van der Waals surface area contributed by atoms with Gasteiger partial charge in [-0.05, 0) is 133 Å². The van der Waals surface area contributed by atoms with E-state index in [1.165, 1.54) is 29.8 Å². The molecule has 0 saturated carbocycles. The van der Waals surface area contributed by atoms with E-state index in [0.717, 1.165) is 41.0 Å². The van der Waals surface area contributed by atoms with E-state index in [2.05, 4.69) is 52.1 Å². The first kappa shape index (κ1) is 46.2. The molecule has 2 amide bonds. The molecule has 13 heteroatoms. The van der Waals surface area contributed by atoms with Crippen molar-refractivity contribution < 1.29 is 41.0 Å². The van der Waals surface area contributed by atoms with E-state index in [4.69, 9.17) is 0 Å². The molecule has 5 N–H and O–H groups in total. The molecule has 66 heavy (non-hydrogen) atoms. The molecule has 0 saturated heterocycles. The Balaban J connectivity index is 0.992. The number of halogens is 6. The Morgan fingerprint density at radius 1 is 0.485 bits per heavy atom. The summed E-state index contributed by atoms with van der Waals surface area (Å²) < 4.78 is 85.9. The van der Waals surface area contributed by atoms with E-state index < -0.39 is 52.0 Å². The van der Waals surface area contributed by atoms with Gasteiger partial charge in [-0.1, -0.05) is 97.1 Å². The Hall–Kier alpha value is -7.80. The lowest BCUT2D eigenvalue weighted by atomic mass is 9.93. The SMILES string of the molecule is C=C(Nc1cc(NC(=O)c2ccc(-c3ccc(C(=O)Nc4ccc(-c5ccc(NC(C)(C)C)cc5C(F)(F)F)c(C(F)(F)F)c4)cc3)cc2)ccc1O)c1ccc(-c2ccc(C)cc2)cc1. The molecule has 0 unspecified atom stereocenters. The molecule has 7 aromatic rings. The van der Waals surface area contributed by atoms with E-state index in [1.54, 1.807) is 69.3 Å². The van der Waals surface area contributed by atoms with Crippen molar-refractivity contribution in [3.8, 4) is 39.1 Å². The van der Waals surface area contributed by atoms with Gasteiger partial charge in [0, 0.05) is 39.4 Å². The van der Waals surface area contributed by atoms with Crippen molar-refractivity contribution in [1.29, 1.82) is 0 Å². The quantitative estimate of drug-likeness (QED) is 0.0506. The van der Waals surface area contributed by atoms with E-state index in [9.17, 15) is 41.0 Å². The summed E-state index contributed by atoms with van der Waals surface area (Å²) in [6.07, 6.45) is -10.0. The van der Waals surface area contributed by atoms with Crippen molar-refractivity contribution in [1.82, 2.24) is 0 Å². The summed E-state index contributed by atoms with van der Waals surface area (Å²) in [4.78, 5) is 26.4. The van der Waals surface area contributed by atoms with Crippen LogP contribution in [0.2, 0.25) is 0 Å². The molecule has 0 bridgehead atoms. The Bertz CT molecular complexity index is 2920. The van der Waals surface area contributed by atoms with Gasteiger partial charge in [0.1, 0.15) is 5.75 Å². The van der Waals surface area contributed by atoms with Crippen LogP contribution in [0, 0.1) is 6.92 Å². The van der Waals surface area contributed by atoms with E-state index in [0.29, 0.717) is 39.8 Å². The van der Waals surface area contributed by atoms with E-state index in [-0.39, 0.29) is 22.7 Å². The van der Waals surface area contributed by atoms with Crippen LogP contribution in [0.4, 0.5) is 49.1 Å². The molecule has 0 aliphatic carbocycles. The number of carbonyl (C=O) groups is 2. The van der Waals surface area contributed by atoms with E-state index in [1.807, 2.05) is 31.2 Å². The average molecular weight is 899 g/mol. The van der Waals surface area contributed by atoms with Crippen LogP contribution in [0.5, 0.6) is 5.75 Å². The van der Waals surface area contributed by atoms with Crippen molar-refractivity contribution in [2.45, 2.75) is 45.6 Å². The minimum atomic E-state index is -5.06. The summed E-state index contributed by atoms with van der Waals surface area (Å²) in [5.74, 6) is -1.20.